The quantitative estimate of drug-likeness (QED) is 0.729. The molecule has 1 saturated carbocycles. The van der Waals surface area contributed by atoms with Crippen LogP contribution in [-0.4, -0.2) is 63.9 Å². The van der Waals surface area contributed by atoms with Crippen LogP contribution in [0.4, 0.5) is 0 Å². The number of rotatable bonds is 6. The Bertz CT molecular complexity index is 876. The highest BCUT2D eigenvalue weighted by Gasteiger charge is 2.32. The van der Waals surface area contributed by atoms with E-state index in [4.69, 9.17) is 0 Å². The molecule has 0 aromatic carbocycles. The van der Waals surface area contributed by atoms with Gasteiger partial charge in [-0.2, -0.15) is 0 Å². The van der Waals surface area contributed by atoms with Gasteiger partial charge in [-0.3, -0.25) is 19.3 Å². The topological polar surface area (TPSA) is 74.7 Å². The van der Waals surface area contributed by atoms with E-state index in [9.17, 15) is 14.4 Å². The molecule has 1 N–H and O–H groups in total. The number of likely N-dealkylation sites (tertiary alicyclic amines) is 1. The molecule has 7 heteroatoms. The van der Waals surface area contributed by atoms with Gasteiger partial charge < -0.3 is 14.8 Å². The number of carbonyl (C=O) groups is 2. The Hall–Kier alpha value is -2.15. The summed E-state index contributed by atoms with van der Waals surface area (Å²) in [5.41, 5.74) is -0.742. The van der Waals surface area contributed by atoms with Crippen molar-refractivity contribution >= 4 is 11.8 Å². The van der Waals surface area contributed by atoms with Crippen LogP contribution < -0.4 is 10.7 Å². The minimum Gasteiger partial charge on any atom is -0.349 e. The lowest BCUT2D eigenvalue weighted by atomic mass is 9.95. The summed E-state index contributed by atoms with van der Waals surface area (Å²) in [5.74, 6) is -0.663. The fraction of sp³-hybridized carbons (Fsp3) is 0.720. The predicted molar refractivity (Wildman–Crippen MR) is 127 cm³/mol. The molecule has 7 nitrogen and oxygen atoms in total. The SMILES string of the molecule is CCN(CC)[C@H]1CCN(C(=O)c2cn(C3CCCCC3)cc(C(=O)NC(C)(C)C)c2=O)C1. The number of pyridine rings is 1. The molecule has 1 aliphatic heterocycles. The summed E-state index contributed by atoms with van der Waals surface area (Å²) >= 11 is 0. The zero-order valence-electron chi connectivity index (χ0n) is 20.4. The molecule has 2 fully saturated rings. The molecular formula is C25H40N4O3. The van der Waals surface area contributed by atoms with Gasteiger partial charge in [0.15, 0.2) is 0 Å². The highest BCUT2D eigenvalue weighted by molar-refractivity contribution is 5.99. The highest BCUT2D eigenvalue weighted by Crippen LogP contribution is 2.28. The van der Waals surface area contributed by atoms with Gasteiger partial charge in [-0.05, 0) is 53.1 Å². The number of carbonyl (C=O) groups excluding carboxylic acids is 2. The minimum atomic E-state index is -0.467. The third kappa shape index (κ3) is 5.61. The van der Waals surface area contributed by atoms with E-state index in [1.165, 1.54) is 6.42 Å². The molecule has 1 aromatic rings. The van der Waals surface area contributed by atoms with Gasteiger partial charge in [0.2, 0.25) is 5.43 Å². The molecule has 0 unspecified atom stereocenters. The van der Waals surface area contributed by atoms with E-state index in [0.717, 1.165) is 45.2 Å². The standard InChI is InChI=1S/C25H40N4O3/c1-6-27(7-2)19-13-14-28(15-19)24(32)21-17-29(18-11-9-8-10-12-18)16-20(22(21)30)23(31)26-25(3,4)5/h16-19H,6-15H2,1-5H3,(H,26,31)/t19-/m0/s1. The van der Waals surface area contributed by atoms with Gasteiger partial charge >= 0.3 is 0 Å². The normalized spacial score (nSPS) is 20.1. The van der Waals surface area contributed by atoms with Crippen LogP contribution in [0.25, 0.3) is 0 Å². The maximum absolute atomic E-state index is 13.5. The fourth-order valence-corrected chi connectivity index (χ4v) is 5.04. The van der Waals surface area contributed by atoms with E-state index in [-0.39, 0.29) is 23.1 Å². The summed E-state index contributed by atoms with van der Waals surface area (Å²) in [6.45, 7) is 13.1. The van der Waals surface area contributed by atoms with Gasteiger partial charge in [-0.15, -0.1) is 0 Å². The largest absolute Gasteiger partial charge is 0.349 e. The van der Waals surface area contributed by atoms with Gasteiger partial charge in [0.1, 0.15) is 11.1 Å². The molecule has 0 spiro atoms. The fourth-order valence-electron chi connectivity index (χ4n) is 5.04. The molecule has 1 atom stereocenters. The first-order valence-electron chi connectivity index (χ1n) is 12.3. The van der Waals surface area contributed by atoms with E-state index >= 15 is 0 Å². The Labute approximate surface area is 192 Å². The van der Waals surface area contributed by atoms with Crippen LogP contribution in [0, 0.1) is 0 Å². The zero-order valence-corrected chi connectivity index (χ0v) is 20.4. The number of amides is 2. The maximum atomic E-state index is 13.5. The zero-order chi connectivity index (χ0) is 23.5. The average molecular weight is 445 g/mol. The first-order chi connectivity index (χ1) is 15.1. The summed E-state index contributed by atoms with van der Waals surface area (Å²) in [7, 11) is 0. The predicted octanol–water partition coefficient (Wildman–Crippen LogP) is 3.44. The van der Waals surface area contributed by atoms with E-state index in [2.05, 4.69) is 24.1 Å². The molecule has 178 valence electrons. The third-order valence-electron chi connectivity index (χ3n) is 6.78. The Balaban J connectivity index is 1.95. The van der Waals surface area contributed by atoms with E-state index in [0.29, 0.717) is 19.1 Å². The van der Waals surface area contributed by atoms with Crippen molar-refractivity contribution in [3.05, 3.63) is 33.7 Å². The monoisotopic (exact) mass is 444 g/mol. The maximum Gasteiger partial charge on any atom is 0.259 e. The van der Waals surface area contributed by atoms with Crippen LogP contribution in [-0.2, 0) is 0 Å². The van der Waals surface area contributed by atoms with Crippen LogP contribution >= 0.6 is 0 Å². The molecule has 2 aliphatic rings. The van der Waals surface area contributed by atoms with Crippen LogP contribution in [0.3, 0.4) is 0 Å². The number of aromatic nitrogens is 1. The molecule has 1 aliphatic carbocycles. The van der Waals surface area contributed by atoms with E-state index in [1.807, 2.05) is 25.3 Å². The van der Waals surface area contributed by atoms with Crippen molar-refractivity contribution in [2.45, 2.75) is 90.8 Å². The van der Waals surface area contributed by atoms with Gasteiger partial charge in [0, 0.05) is 43.1 Å². The van der Waals surface area contributed by atoms with Gasteiger partial charge in [0.25, 0.3) is 11.8 Å². The first kappa shape index (κ1) is 24.5. The first-order valence-corrected chi connectivity index (χ1v) is 12.3. The summed E-state index contributed by atoms with van der Waals surface area (Å²) in [5, 5.41) is 2.90. The second kappa shape index (κ2) is 10.2. The average Bonchev–Trinajstić information content (AvgIpc) is 3.23. The Morgan fingerprint density at radius 3 is 2.25 bits per heavy atom. The number of nitrogens with one attached hydrogen (secondary N) is 1. The molecule has 2 amide bonds. The Morgan fingerprint density at radius 1 is 1.03 bits per heavy atom. The lowest BCUT2D eigenvalue weighted by Gasteiger charge is -2.27. The molecular weight excluding hydrogens is 404 g/mol. The number of nitrogens with zero attached hydrogens (tertiary/aromatic N) is 3. The Morgan fingerprint density at radius 2 is 1.66 bits per heavy atom. The smallest absolute Gasteiger partial charge is 0.259 e. The number of hydrogen-bond donors (Lipinski definition) is 1. The minimum absolute atomic E-state index is 0.0656. The number of likely N-dealkylation sites (N-methyl/N-ethyl adjacent to an activating group) is 1. The van der Waals surface area contributed by atoms with Crippen molar-refractivity contribution < 1.29 is 9.59 Å². The molecule has 32 heavy (non-hydrogen) atoms. The molecule has 2 heterocycles. The molecule has 0 bridgehead atoms. The third-order valence-corrected chi connectivity index (χ3v) is 6.78. The van der Waals surface area contributed by atoms with Crippen molar-refractivity contribution in [3.63, 3.8) is 0 Å². The van der Waals surface area contributed by atoms with Crippen molar-refractivity contribution in [3.8, 4) is 0 Å². The molecule has 3 rings (SSSR count). The van der Waals surface area contributed by atoms with Crippen molar-refractivity contribution in [1.29, 1.82) is 0 Å². The van der Waals surface area contributed by atoms with Crippen molar-refractivity contribution in [2.24, 2.45) is 0 Å². The Kier molecular flexibility index (Phi) is 7.80. The van der Waals surface area contributed by atoms with Crippen molar-refractivity contribution in [1.82, 2.24) is 19.7 Å². The van der Waals surface area contributed by atoms with Crippen LogP contribution in [0.15, 0.2) is 17.2 Å². The number of hydrogen-bond acceptors (Lipinski definition) is 4. The molecule has 0 radical (unpaired) electrons. The van der Waals surface area contributed by atoms with E-state index < -0.39 is 16.9 Å². The van der Waals surface area contributed by atoms with E-state index in [1.54, 1.807) is 17.3 Å². The van der Waals surface area contributed by atoms with Gasteiger partial charge in [-0.25, -0.2) is 0 Å². The molecule has 1 saturated heterocycles. The summed E-state index contributed by atoms with van der Waals surface area (Å²) in [6, 6.07) is 0.543. The molecule has 1 aromatic heterocycles. The van der Waals surface area contributed by atoms with Crippen LogP contribution in [0.1, 0.15) is 99.9 Å². The van der Waals surface area contributed by atoms with Gasteiger partial charge in [-0.1, -0.05) is 33.1 Å². The van der Waals surface area contributed by atoms with Gasteiger partial charge in [0.05, 0.1) is 0 Å². The summed E-state index contributed by atoms with van der Waals surface area (Å²) in [4.78, 5) is 43.9. The second-order valence-electron chi connectivity index (χ2n) is 10.3. The summed E-state index contributed by atoms with van der Waals surface area (Å²) in [6.07, 6.45) is 9.75. The lowest BCUT2D eigenvalue weighted by Crippen LogP contribution is -2.44. The lowest BCUT2D eigenvalue weighted by molar-refractivity contribution is 0.0775. The van der Waals surface area contributed by atoms with Crippen LogP contribution in [0.5, 0.6) is 0 Å². The van der Waals surface area contributed by atoms with Crippen molar-refractivity contribution in [2.75, 3.05) is 26.2 Å². The van der Waals surface area contributed by atoms with Crippen LogP contribution in [0.2, 0.25) is 0 Å². The second-order valence-corrected chi connectivity index (χ2v) is 10.3. The highest BCUT2D eigenvalue weighted by atomic mass is 16.2. The summed E-state index contributed by atoms with van der Waals surface area (Å²) < 4.78 is 1.96.